The van der Waals surface area contributed by atoms with Gasteiger partial charge in [-0.25, -0.2) is 0 Å². The Labute approximate surface area is 81.9 Å². The van der Waals surface area contributed by atoms with Gasteiger partial charge in [0.1, 0.15) is 0 Å². The second-order valence-corrected chi connectivity index (χ2v) is 2.59. The summed E-state index contributed by atoms with van der Waals surface area (Å²) in [5, 5.41) is 21.2. The van der Waals surface area contributed by atoms with Crippen LogP contribution in [0.2, 0.25) is 0 Å². The number of para-hydroxylation sites is 1. The van der Waals surface area contributed by atoms with Crippen molar-refractivity contribution in [3.05, 3.63) is 18.2 Å². The Balaban J connectivity index is 2.86. The number of hydrogen-bond donors (Lipinski definition) is 3. The molecule has 5 nitrogen and oxygen atoms in total. The molecule has 0 bridgehead atoms. The van der Waals surface area contributed by atoms with Crippen molar-refractivity contribution in [3.63, 3.8) is 0 Å². The van der Waals surface area contributed by atoms with Crippen LogP contribution in [0.1, 0.15) is 0 Å². The first kappa shape index (κ1) is 10.6. The van der Waals surface area contributed by atoms with Gasteiger partial charge in [-0.3, -0.25) is 0 Å². The Morgan fingerprint density at radius 3 is 2.64 bits per heavy atom. The number of aliphatic hydroxyl groups excluding tert-OH is 1. The van der Waals surface area contributed by atoms with Crippen molar-refractivity contribution < 1.29 is 19.7 Å². The first-order chi connectivity index (χ1) is 6.69. The van der Waals surface area contributed by atoms with Gasteiger partial charge >= 0.3 is 0 Å². The summed E-state index contributed by atoms with van der Waals surface area (Å²) in [6.45, 7) is 0. The topological polar surface area (TPSA) is 71.0 Å². The van der Waals surface area contributed by atoms with Gasteiger partial charge in [-0.2, -0.15) is 0 Å². The van der Waals surface area contributed by atoms with Crippen molar-refractivity contribution in [3.8, 4) is 11.5 Å². The minimum atomic E-state index is -1.16. The van der Waals surface area contributed by atoms with Gasteiger partial charge < -0.3 is 25.0 Å². The van der Waals surface area contributed by atoms with Gasteiger partial charge in [0.2, 0.25) is 6.41 Å². The van der Waals surface area contributed by atoms with E-state index in [4.69, 9.17) is 9.84 Å². The Morgan fingerprint density at radius 2 is 2.07 bits per heavy atom. The second kappa shape index (κ2) is 4.69. The highest BCUT2D eigenvalue weighted by atomic mass is 16.6. The van der Waals surface area contributed by atoms with E-state index in [0.29, 0.717) is 11.4 Å². The van der Waals surface area contributed by atoms with E-state index in [1.807, 2.05) is 0 Å². The van der Waals surface area contributed by atoms with E-state index < -0.39 is 6.41 Å². The summed E-state index contributed by atoms with van der Waals surface area (Å²) in [5.41, 5.74) is 0.346. The lowest BCUT2D eigenvalue weighted by atomic mass is 10.2. The molecule has 1 aromatic carbocycles. The predicted molar refractivity (Wildman–Crippen MR) is 51.3 cm³/mol. The maximum Gasteiger partial charge on any atom is 0.235 e. The second-order valence-electron chi connectivity index (χ2n) is 2.59. The maximum atomic E-state index is 9.58. The van der Waals surface area contributed by atoms with Crippen LogP contribution in [-0.4, -0.2) is 30.8 Å². The summed E-state index contributed by atoms with van der Waals surface area (Å²) in [4.78, 5) is 0. The van der Waals surface area contributed by atoms with E-state index in [9.17, 15) is 5.11 Å². The molecule has 5 heteroatoms. The highest BCUT2D eigenvalue weighted by molar-refractivity contribution is 5.62. The summed E-state index contributed by atoms with van der Waals surface area (Å²) < 4.78 is 9.46. The standard InChI is InChI=1S/C9H13NO4/c1-13-7-5-3-4-6(8(7)11)10-9(12)14-2/h3-5,9-12H,1-2H3. The third-order valence-electron chi connectivity index (χ3n) is 1.72. The maximum absolute atomic E-state index is 9.58. The molecule has 0 aliphatic heterocycles. The van der Waals surface area contributed by atoms with Crippen LogP contribution in [0.5, 0.6) is 11.5 Å². The lowest BCUT2D eigenvalue weighted by Crippen LogP contribution is -2.20. The van der Waals surface area contributed by atoms with Gasteiger partial charge in [0.05, 0.1) is 12.8 Å². The van der Waals surface area contributed by atoms with Gasteiger partial charge in [-0.1, -0.05) is 6.07 Å². The number of phenols is 1. The van der Waals surface area contributed by atoms with Crippen LogP contribution in [0.4, 0.5) is 5.69 Å². The minimum Gasteiger partial charge on any atom is -0.503 e. The molecular weight excluding hydrogens is 186 g/mol. The molecule has 1 rings (SSSR count). The van der Waals surface area contributed by atoms with Gasteiger partial charge in [-0.15, -0.1) is 0 Å². The van der Waals surface area contributed by atoms with E-state index in [1.165, 1.54) is 14.2 Å². The fourth-order valence-electron chi connectivity index (χ4n) is 0.995. The van der Waals surface area contributed by atoms with Crippen molar-refractivity contribution in [2.75, 3.05) is 19.5 Å². The summed E-state index contributed by atoms with van der Waals surface area (Å²) in [5.74, 6) is 0.268. The van der Waals surface area contributed by atoms with E-state index in [-0.39, 0.29) is 5.75 Å². The zero-order chi connectivity index (χ0) is 10.6. The highest BCUT2D eigenvalue weighted by Crippen LogP contribution is 2.33. The number of phenolic OH excluding ortho intramolecular Hbond substituents is 1. The lowest BCUT2D eigenvalue weighted by Gasteiger charge is -2.14. The number of aliphatic hydroxyl groups is 1. The van der Waals surface area contributed by atoms with Crippen molar-refractivity contribution >= 4 is 5.69 Å². The van der Waals surface area contributed by atoms with Crippen LogP contribution >= 0.6 is 0 Å². The Hall–Kier alpha value is -1.46. The van der Waals surface area contributed by atoms with Gasteiger partial charge in [0.25, 0.3) is 0 Å². The third kappa shape index (κ3) is 2.27. The summed E-state index contributed by atoms with van der Waals surface area (Å²) >= 11 is 0. The van der Waals surface area contributed by atoms with Crippen LogP contribution in [-0.2, 0) is 4.74 Å². The Morgan fingerprint density at radius 1 is 1.36 bits per heavy atom. The summed E-state index contributed by atoms with van der Waals surface area (Å²) in [7, 11) is 2.79. The number of methoxy groups -OCH3 is 2. The fraction of sp³-hybridized carbons (Fsp3) is 0.333. The molecule has 14 heavy (non-hydrogen) atoms. The SMILES string of the molecule is COc1cccc(NC(O)OC)c1O. The normalized spacial score (nSPS) is 12.2. The number of hydrogen-bond acceptors (Lipinski definition) is 5. The molecule has 0 saturated heterocycles. The van der Waals surface area contributed by atoms with Gasteiger partial charge in [0.15, 0.2) is 11.5 Å². The molecule has 3 N–H and O–H groups in total. The van der Waals surface area contributed by atoms with Gasteiger partial charge in [-0.05, 0) is 12.1 Å². The van der Waals surface area contributed by atoms with E-state index in [2.05, 4.69) is 10.1 Å². The molecule has 0 aromatic heterocycles. The molecule has 0 fully saturated rings. The van der Waals surface area contributed by atoms with E-state index in [0.717, 1.165) is 0 Å². The van der Waals surface area contributed by atoms with Crippen LogP contribution < -0.4 is 10.1 Å². The fourth-order valence-corrected chi connectivity index (χ4v) is 0.995. The number of benzene rings is 1. The molecule has 78 valence electrons. The average Bonchev–Trinajstić information content (AvgIpc) is 2.21. The molecule has 1 aromatic rings. The largest absolute Gasteiger partial charge is 0.503 e. The summed E-state index contributed by atoms with van der Waals surface area (Å²) in [6, 6.07) is 4.89. The lowest BCUT2D eigenvalue weighted by molar-refractivity contribution is -0.0511. The zero-order valence-corrected chi connectivity index (χ0v) is 8.02. The molecule has 1 atom stereocenters. The quantitative estimate of drug-likeness (QED) is 0.492. The van der Waals surface area contributed by atoms with Crippen molar-refractivity contribution in [2.45, 2.75) is 6.41 Å². The monoisotopic (exact) mass is 199 g/mol. The predicted octanol–water partition coefficient (Wildman–Crippen LogP) is 0.735. The first-order valence-corrected chi connectivity index (χ1v) is 4.02. The van der Waals surface area contributed by atoms with Crippen molar-refractivity contribution in [1.82, 2.24) is 0 Å². The molecule has 0 radical (unpaired) electrons. The molecule has 0 spiro atoms. The van der Waals surface area contributed by atoms with Crippen molar-refractivity contribution in [1.29, 1.82) is 0 Å². The number of ether oxygens (including phenoxy) is 2. The van der Waals surface area contributed by atoms with Crippen LogP contribution in [0.3, 0.4) is 0 Å². The highest BCUT2D eigenvalue weighted by Gasteiger charge is 2.09. The number of anilines is 1. The average molecular weight is 199 g/mol. The van der Waals surface area contributed by atoms with E-state index >= 15 is 0 Å². The van der Waals surface area contributed by atoms with Crippen LogP contribution in [0, 0.1) is 0 Å². The van der Waals surface area contributed by atoms with Crippen molar-refractivity contribution in [2.24, 2.45) is 0 Å². The molecule has 0 saturated carbocycles. The molecule has 1 unspecified atom stereocenters. The van der Waals surface area contributed by atoms with Crippen LogP contribution in [0.15, 0.2) is 18.2 Å². The Bertz CT molecular complexity index is 303. The number of aromatic hydroxyl groups is 1. The number of rotatable bonds is 4. The van der Waals surface area contributed by atoms with Gasteiger partial charge in [0, 0.05) is 7.11 Å². The molecule has 0 aliphatic carbocycles. The molecular formula is C9H13NO4. The number of nitrogens with one attached hydrogen (secondary N) is 1. The molecule has 0 aliphatic rings. The minimum absolute atomic E-state index is 0.0638. The molecule has 0 heterocycles. The van der Waals surface area contributed by atoms with E-state index in [1.54, 1.807) is 18.2 Å². The van der Waals surface area contributed by atoms with Crippen LogP contribution in [0.25, 0.3) is 0 Å². The smallest absolute Gasteiger partial charge is 0.235 e. The Kier molecular flexibility index (Phi) is 3.55. The first-order valence-electron chi connectivity index (χ1n) is 4.02. The molecule has 0 amide bonds. The summed E-state index contributed by atoms with van der Waals surface area (Å²) in [6.07, 6.45) is -1.16. The zero-order valence-electron chi connectivity index (χ0n) is 8.02. The third-order valence-corrected chi connectivity index (χ3v) is 1.72.